The van der Waals surface area contributed by atoms with Crippen molar-refractivity contribution in [1.82, 2.24) is 4.90 Å². The third kappa shape index (κ3) is 2.69. The van der Waals surface area contributed by atoms with Gasteiger partial charge >= 0.3 is 5.97 Å². The molecule has 2 unspecified atom stereocenters. The van der Waals surface area contributed by atoms with Gasteiger partial charge in [-0.15, -0.1) is 11.3 Å². The van der Waals surface area contributed by atoms with Gasteiger partial charge in [0.1, 0.15) is 0 Å². The molecule has 2 heterocycles. The lowest BCUT2D eigenvalue weighted by Gasteiger charge is -2.38. The van der Waals surface area contributed by atoms with E-state index in [9.17, 15) is 14.7 Å². The topological polar surface area (TPSA) is 57.6 Å². The summed E-state index contributed by atoms with van der Waals surface area (Å²) in [6.07, 6.45) is 0.747. The Bertz CT molecular complexity index is 492. The van der Waals surface area contributed by atoms with Crippen LogP contribution in [0, 0.1) is 12.8 Å². The van der Waals surface area contributed by atoms with Crippen molar-refractivity contribution in [3.8, 4) is 0 Å². The first kappa shape index (κ1) is 14.5. The number of piperidine rings is 1. The van der Waals surface area contributed by atoms with E-state index in [1.54, 1.807) is 16.2 Å². The second kappa shape index (κ2) is 5.63. The second-order valence-corrected chi connectivity index (χ2v) is 6.80. The average molecular weight is 346 g/mol. The number of carboxylic acids is 1. The molecule has 1 fully saturated rings. The highest BCUT2D eigenvalue weighted by atomic mass is 79.9. The summed E-state index contributed by atoms with van der Waals surface area (Å²) in [7, 11) is 0. The monoisotopic (exact) mass is 345 g/mol. The van der Waals surface area contributed by atoms with Crippen LogP contribution in [0.2, 0.25) is 0 Å². The smallest absolute Gasteiger partial charge is 0.308 e. The van der Waals surface area contributed by atoms with Gasteiger partial charge in [0.05, 0.1) is 12.0 Å². The molecule has 1 amide bonds. The van der Waals surface area contributed by atoms with E-state index in [0.717, 1.165) is 14.2 Å². The molecule has 0 aliphatic carbocycles. The summed E-state index contributed by atoms with van der Waals surface area (Å²) < 4.78 is 0.978. The molecule has 0 saturated carbocycles. The Labute approximate surface area is 124 Å². The van der Waals surface area contributed by atoms with E-state index in [0.29, 0.717) is 19.4 Å². The molecule has 1 saturated heterocycles. The standard InChI is InChI=1S/C13H16BrNO3S/c1-3-15-11(16)5-4-8(13(17)18)12(15)10-6-9(14)7(2)19-10/h6,8,12H,3-5H2,1-2H3,(H,17,18). The zero-order chi connectivity index (χ0) is 14.2. The highest BCUT2D eigenvalue weighted by Crippen LogP contribution is 2.41. The van der Waals surface area contributed by atoms with E-state index in [4.69, 9.17) is 0 Å². The lowest BCUT2D eigenvalue weighted by Crippen LogP contribution is -2.44. The van der Waals surface area contributed by atoms with Crippen molar-refractivity contribution >= 4 is 39.1 Å². The highest BCUT2D eigenvalue weighted by molar-refractivity contribution is 9.10. The Morgan fingerprint density at radius 2 is 2.32 bits per heavy atom. The summed E-state index contributed by atoms with van der Waals surface area (Å²) in [4.78, 5) is 27.2. The number of hydrogen-bond donors (Lipinski definition) is 1. The molecule has 4 nitrogen and oxygen atoms in total. The number of aliphatic carboxylic acids is 1. The van der Waals surface area contributed by atoms with Gasteiger partial charge in [0, 0.05) is 27.2 Å². The minimum atomic E-state index is -0.821. The van der Waals surface area contributed by atoms with E-state index < -0.39 is 11.9 Å². The SMILES string of the molecule is CCN1C(=O)CCC(C(=O)O)C1c1cc(Br)c(C)s1. The molecule has 2 atom stereocenters. The maximum Gasteiger partial charge on any atom is 0.308 e. The van der Waals surface area contributed by atoms with Crippen molar-refractivity contribution in [2.75, 3.05) is 6.54 Å². The van der Waals surface area contributed by atoms with Crippen molar-refractivity contribution in [3.05, 3.63) is 20.3 Å². The van der Waals surface area contributed by atoms with Crippen LogP contribution < -0.4 is 0 Å². The number of halogens is 1. The summed E-state index contributed by atoms with van der Waals surface area (Å²) in [6.45, 7) is 4.42. The summed E-state index contributed by atoms with van der Waals surface area (Å²) in [6, 6.07) is 1.61. The third-order valence-electron chi connectivity index (χ3n) is 3.53. The molecule has 1 aliphatic heterocycles. The van der Waals surface area contributed by atoms with Gasteiger partial charge in [0.25, 0.3) is 0 Å². The van der Waals surface area contributed by atoms with Crippen LogP contribution in [0.3, 0.4) is 0 Å². The van der Waals surface area contributed by atoms with Gasteiger partial charge in [-0.2, -0.15) is 0 Å². The zero-order valence-electron chi connectivity index (χ0n) is 10.9. The number of carbonyl (C=O) groups is 2. The first-order valence-corrected chi connectivity index (χ1v) is 7.84. The normalized spacial score (nSPS) is 23.7. The number of hydrogen-bond acceptors (Lipinski definition) is 3. The predicted octanol–water partition coefficient (Wildman–Crippen LogP) is 3.20. The number of nitrogens with zero attached hydrogens (tertiary/aromatic N) is 1. The molecular weight excluding hydrogens is 330 g/mol. The molecule has 19 heavy (non-hydrogen) atoms. The molecule has 6 heteroatoms. The summed E-state index contributed by atoms with van der Waals surface area (Å²) in [5.74, 6) is -1.28. The van der Waals surface area contributed by atoms with E-state index in [-0.39, 0.29) is 11.9 Å². The van der Waals surface area contributed by atoms with Crippen LogP contribution in [-0.4, -0.2) is 28.4 Å². The van der Waals surface area contributed by atoms with Gasteiger partial charge in [-0.3, -0.25) is 9.59 Å². The molecule has 1 N–H and O–H groups in total. The summed E-state index contributed by atoms with van der Waals surface area (Å²) >= 11 is 5.02. The Hall–Kier alpha value is -0.880. The first-order chi connectivity index (χ1) is 8.95. The fourth-order valence-electron chi connectivity index (χ4n) is 2.56. The van der Waals surface area contributed by atoms with Crippen molar-refractivity contribution in [3.63, 3.8) is 0 Å². The minimum absolute atomic E-state index is 0.0483. The van der Waals surface area contributed by atoms with E-state index >= 15 is 0 Å². The van der Waals surface area contributed by atoms with Gasteiger partial charge in [0.15, 0.2) is 0 Å². The maximum atomic E-state index is 12.0. The van der Waals surface area contributed by atoms with Gasteiger partial charge in [-0.1, -0.05) is 0 Å². The molecule has 2 rings (SSSR count). The van der Waals surface area contributed by atoms with Gasteiger partial charge in [-0.25, -0.2) is 0 Å². The van der Waals surface area contributed by atoms with Crippen LogP contribution in [0.4, 0.5) is 0 Å². The number of likely N-dealkylation sites (tertiary alicyclic amines) is 1. The Balaban J connectivity index is 2.43. The van der Waals surface area contributed by atoms with Crippen molar-refractivity contribution < 1.29 is 14.7 Å². The van der Waals surface area contributed by atoms with Crippen molar-refractivity contribution in [1.29, 1.82) is 0 Å². The number of rotatable bonds is 3. The summed E-state index contributed by atoms with van der Waals surface area (Å²) in [5, 5.41) is 9.40. The molecule has 1 aliphatic rings. The van der Waals surface area contributed by atoms with E-state index in [1.807, 2.05) is 19.9 Å². The summed E-state index contributed by atoms with van der Waals surface area (Å²) in [5.41, 5.74) is 0. The Morgan fingerprint density at radius 1 is 1.63 bits per heavy atom. The molecule has 0 radical (unpaired) electrons. The van der Waals surface area contributed by atoms with Gasteiger partial charge < -0.3 is 10.0 Å². The van der Waals surface area contributed by atoms with Crippen LogP contribution in [0.1, 0.15) is 35.6 Å². The molecule has 0 bridgehead atoms. The van der Waals surface area contributed by atoms with E-state index in [2.05, 4.69) is 15.9 Å². The second-order valence-electron chi connectivity index (χ2n) is 4.66. The number of carbonyl (C=O) groups excluding carboxylic acids is 1. The minimum Gasteiger partial charge on any atom is -0.481 e. The van der Waals surface area contributed by atoms with Crippen LogP contribution in [0.15, 0.2) is 10.5 Å². The van der Waals surface area contributed by atoms with Gasteiger partial charge in [0.2, 0.25) is 5.91 Å². The Morgan fingerprint density at radius 3 is 2.79 bits per heavy atom. The van der Waals surface area contributed by atoms with Crippen LogP contribution in [-0.2, 0) is 9.59 Å². The highest BCUT2D eigenvalue weighted by Gasteiger charge is 2.40. The molecule has 1 aromatic heterocycles. The molecular formula is C13H16BrNO3S. The third-order valence-corrected chi connectivity index (χ3v) is 5.74. The largest absolute Gasteiger partial charge is 0.481 e. The number of amides is 1. The van der Waals surface area contributed by atoms with Crippen LogP contribution in [0.25, 0.3) is 0 Å². The van der Waals surface area contributed by atoms with Gasteiger partial charge in [-0.05, 0) is 42.3 Å². The fraction of sp³-hybridized carbons (Fsp3) is 0.538. The lowest BCUT2D eigenvalue weighted by atomic mass is 9.88. The molecule has 104 valence electrons. The number of carboxylic acid groups (broad SMARTS) is 1. The lowest BCUT2D eigenvalue weighted by molar-refractivity contribution is -0.151. The van der Waals surface area contributed by atoms with Crippen LogP contribution in [0.5, 0.6) is 0 Å². The number of aryl methyl sites for hydroxylation is 1. The predicted molar refractivity (Wildman–Crippen MR) is 77.2 cm³/mol. The Kier molecular flexibility index (Phi) is 4.30. The zero-order valence-corrected chi connectivity index (χ0v) is 13.3. The molecule has 0 spiro atoms. The van der Waals surface area contributed by atoms with Crippen LogP contribution >= 0.6 is 27.3 Å². The molecule has 0 aromatic carbocycles. The first-order valence-electron chi connectivity index (χ1n) is 6.23. The number of thiophene rings is 1. The van der Waals surface area contributed by atoms with Crippen molar-refractivity contribution in [2.45, 2.75) is 32.7 Å². The maximum absolute atomic E-state index is 12.0. The average Bonchev–Trinajstić information content (AvgIpc) is 2.68. The fourth-order valence-corrected chi connectivity index (χ4v) is 4.30. The van der Waals surface area contributed by atoms with E-state index in [1.165, 1.54) is 0 Å². The molecule has 1 aromatic rings. The van der Waals surface area contributed by atoms with Crippen molar-refractivity contribution in [2.24, 2.45) is 5.92 Å². The quantitative estimate of drug-likeness (QED) is 0.914.